The van der Waals surface area contributed by atoms with Crippen LogP contribution in [0.2, 0.25) is 0 Å². The predicted octanol–water partition coefficient (Wildman–Crippen LogP) is 8.36. The van der Waals surface area contributed by atoms with Crippen molar-refractivity contribution in [1.82, 2.24) is 0 Å². The number of hydrogen-bond acceptors (Lipinski definition) is 5. The highest BCUT2D eigenvalue weighted by Crippen LogP contribution is 2.40. The van der Waals surface area contributed by atoms with E-state index in [0.717, 1.165) is 65.4 Å². The third-order valence-corrected chi connectivity index (χ3v) is 9.32. The molecule has 4 rings (SSSR count). The van der Waals surface area contributed by atoms with Gasteiger partial charge in [-0.25, -0.2) is 4.18 Å². The SMILES string of the molecule is CCN(CC)c1ccc(C=CC(OS(=O)(=O)c2ccc(C)cc2)(c2ccc(C)cc2)c2ccc(N(CC)CC)cc2)cc1. The van der Waals surface area contributed by atoms with Crippen LogP contribution in [0.5, 0.6) is 0 Å². The van der Waals surface area contributed by atoms with Gasteiger partial charge in [0.2, 0.25) is 0 Å². The van der Waals surface area contributed by atoms with E-state index in [9.17, 15) is 8.42 Å². The summed E-state index contributed by atoms with van der Waals surface area (Å²) >= 11 is 0. The van der Waals surface area contributed by atoms with Gasteiger partial charge in [-0.1, -0.05) is 77.9 Å². The maximum absolute atomic E-state index is 14.0. The predicted molar refractivity (Wildman–Crippen MR) is 180 cm³/mol. The van der Waals surface area contributed by atoms with E-state index in [1.54, 1.807) is 24.3 Å². The summed E-state index contributed by atoms with van der Waals surface area (Å²) in [6.45, 7) is 16.1. The van der Waals surface area contributed by atoms with Gasteiger partial charge in [-0.05, 0) is 101 Å². The number of hydrogen-bond donors (Lipinski definition) is 0. The lowest BCUT2D eigenvalue weighted by Crippen LogP contribution is -2.32. The first-order chi connectivity index (χ1) is 20.6. The number of aryl methyl sites for hydroxylation is 2. The molecule has 0 N–H and O–H groups in total. The van der Waals surface area contributed by atoms with Crippen LogP contribution < -0.4 is 9.80 Å². The smallest absolute Gasteiger partial charge is 0.298 e. The molecule has 0 amide bonds. The Morgan fingerprint density at radius 2 is 1.00 bits per heavy atom. The summed E-state index contributed by atoms with van der Waals surface area (Å²) in [5.74, 6) is 0. The Kier molecular flexibility index (Phi) is 10.5. The molecule has 43 heavy (non-hydrogen) atoms. The minimum Gasteiger partial charge on any atom is -0.372 e. The maximum atomic E-state index is 14.0. The van der Waals surface area contributed by atoms with E-state index < -0.39 is 15.7 Å². The van der Waals surface area contributed by atoms with E-state index >= 15 is 0 Å². The van der Waals surface area contributed by atoms with Crippen LogP contribution in [0.1, 0.15) is 55.5 Å². The third-order valence-electron chi connectivity index (χ3n) is 7.99. The molecule has 1 unspecified atom stereocenters. The summed E-state index contributed by atoms with van der Waals surface area (Å²) in [6, 6.07) is 31.0. The van der Waals surface area contributed by atoms with Crippen LogP contribution in [0.25, 0.3) is 6.08 Å². The Bertz CT molecular complexity index is 1590. The quantitative estimate of drug-likeness (QED) is 0.145. The molecule has 0 spiro atoms. The van der Waals surface area contributed by atoms with E-state index in [1.165, 1.54) is 0 Å². The second-order valence-corrected chi connectivity index (χ2v) is 12.3. The largest absolute Gasteiger partial charge is 0.372 e. The minimum atomic E-state index is -4.17. The molecule has 1 atom stereocenters. The molecule has 4 aromatic rings. The van der Waals surface area contributed by atoms with Gasteiger partial charge in [0.25, 0.3) is 10.1 Å². The van der Waals surface area contributed by atoms with Gasteiger partial charge < -0.3 is 9.80 Å². The standard InChI is InChI=1S/C37H44N2O3S/c1-7-38(8-2)34-21-15-31(16-22-34)27-28-37(32-17-11-29(5)12-18-32,33-19-23-35(24-20-33)39(9-3)10-4)42-43(40,41)36-25-13-30(6)14-26-36/h11-28H,7-10H2,1-6H3. The van der Waals surface area contributed by atoms with Gasteiger partial charge in [0.15, 0.2) is 5.60 Å². The van der Waals surface area contributed by atoms with Crippen LogP contribution in [0.4, 0.5) is 11.4 Å². The van der Waals surface area contributed by atoms with E-state index in [0.29, 0.717) is 0 Å². The Hall–Kier alpha value is -3.87. The van der Waals surface area contributed by atoms with Crippen LogP contribution in [-0.2, 0) is 19.9 Å². The van der Waals surface area contributed by atoms with Crippen molar-refractivity contribution in [2.24, 2.45) is 0 Å². The van der Waals surface area contributed by atoms with Crippen LogP contribution in [0.3, 0.4) is 0 Å². The Balaban J connectivity index is 1.90. The molecule has 4 aromatic carbocycles. The molecule has 6 heteroatoms. The fourth-order valence-corrected chi connectivity index (χ4v) is 6.48. The van der Waals surface area contributed by atoms with Crippen molar-refractivity contribution >= 4 is 27.6 Å². The van der Waals surface area contributed by atoms with E-state index in [4.69, 9.17) is 4.18 Å². The highest BCUT2D eigenvalue weighted by Gasteiger charge is 2.39. The second kappa shape index (κ2) is 14.1. The van der Waals surface area contributed by atoms with Crippen LogP contribution in [0, 0.1) is 13.8 Å². The lowest BCUT2D eigenvalue weighted by molar-refractivity contribution is 0.173. The number of benzene rings is 4. The number of anilines is 2. The van der Waals surface area contributed by atoms with Crippen molar-refractivity contribution < 1.29 is 12.6 Å². The maximum Gasteiger partial charge on any atom is 0.298 e. The molecular formula is C37H44N2O3S. The van der Waals surface area contributed by atoms with Gasteiger partial charge >= 0.3 is 0 Å². The number of rotatable bonds is 13. The van der Waals surface area contributed by atoms with Crippen molar-refractivity contribution in [1.29, 1.82) is 0 Å². The molecule has 226 valence electrons. The van der Waals surface area contributed by atoms with Gasteiger partial charge in [0.1, 0.15) is 0 Å². The van der Waals surface area contributed by atoms with Gasteiger partial charge in [0.05, 0.1) is 4.90 Å². The number of nitrogens with zero attached hydrogens (tertiary/aromatic N) is 2. The van der Waals surface area contributed by atoms with E-state index in [-0.39, 0.29) is 4.90 Å². The van der Waals surface area contributed by atoms with Crippen LogP contribution in [0.15, 0.2) is 108 Å². The first-order valence-electron chi connectivity index (χ1n) is 15.1. The summed E-state index contributed by atoms with van der Waals surface area (Å²) in [5, 5.41) is 0. The average Bonchev–Trinajstić information content (AvgIpc) is 3.02. The van der Waals surface area contributed by atoms with Crippen molar-refractivity contribution in [3.63, 3.8) is 0 Å². The molecule has 5 nitrogen and oxygen atoms in total. The highest BCUT2D eigenvalue weighted by molar-refractivity contribution is 7.86. The second-order valence-electron chi connectivity index (χ2n) is 10.8. The Morgan fingerprint density at radius 1 is 0.605 bits per heavy atom. The van der Waals surface area contributed by atoms with E-state index in [1.807, 2.05) is 74.5 Å². The summed E-state index contributed by atoms with van der Waals surface area (Å²) in [4.78, 5) is 4.67. The van der Waals surface area contributed by atoms with Crippen molar-refractivity contribution in [2.45, 2.75) is 52.0 Å². The minimum absolute atomic E-state index is 0.117. The van der Waals surface area contributed by atoms with Gasteiger partial charge in [-0.2, -0.15) is 8.42 Å². The molecule has 0 fully saturated rings. The Morgan fingerprint density at radius 3 is 1.44 bits per heavy atom. The van der Waals surface area contributed by atoms with Crippen LogP contribution >= 0.6 is 0 Å². The molecule has 0 aliphatic carbocycles. The van der Waals surface area contributed by atoms with E-state index in [2.05, 4.69) is 61.8 Å². The highest BCUT2D eigenvalue weighted by atomic mass is 32.2. The lowest BCUT2D eigenvalue weighted by atomic mass is 9.85. The zero-order valence-electron chi connectivity index (χ0n) is 26.2. The van der Waals surface area contributed by atoms with Crippen LogP contribution in [-0.4, -0.2) is 34.6 Å². The first-order valence-corrected chi connectivity index (χ1v) is 16.6. The van der Waals surface area contributed by atoms with Gasteiger partial charge in [-0.15, -0.1) is 0 Å². The van der Waals surface area contributed by atoms with Crippen molar-refractivity contribution in [3.8, 4) is 0 Å². The third kappa shape index (κ3) is 7.38. The molecule has 0 aliphatic rings. The summed E-state index contributed by atoms with van der Waals surface area (Å²) in [7, 11) is -4.17. The fraction of sp³-hybridized carbons (Fsp3) is 0.297. The normalized spacial score (nSPS) is 13.2. The monoisotopic (exact) mass is 596 g/mol. The summed E-state index contributed by atoms with van der Waals surface area (Å²) < 4.78 is 34.3. The molecule has 0 aliphatic heterocycles. The fourth-order valence-electron chi connectivity index (χ4n) is 5.32. The van der Waals surface area contributed by atoms with Gasteiger partial charge in [0, 0.05) is 37.6 Å². The van der Waals surface area contributed by atoms with Crippen molar-refractivity contribution in [3.05, 3.63) is 131 Å². The molecule has 0 saturated heterocycles. The molecule has 0 bridgehead atoms. The summed E-state index contributed by atoms with van der Waals surface area (Å²) in [5.41, 5.74) is 5.25. The summed E-state index contributed by atoms with van der Waals surface area (Å²) in [6.07, 6.45) is 3.83. The zero-order valence-corrected chi connectivity index (χ0v) is 27.1. The molecule has 0 aromatic heterocycles. The molecular weight excluding hydrogens is 552 g/mol. The Labute approximate surface area is 258 Å². The topological polar surface area (TPSA) is 49.9 Å². The van der Waals surface area contributed by atoms with Crippen molar-refractivity contribution in [2.75, 3.05) is 36.0 Å². The molecule has 0 saturated carbocycles. The van der Waals surface area contributed by atoms with Gasteiger partial charge in [-0.3, -0.25) is 0 Å². The zero-order chi connectivity index (χ0) is 31.0. The lowest BCUT2D eigenvalue weighted by Gasteiger charge is -2.32. The molecule has 0 radical (unpaired) electrons. The molecule has 0 heterocycles. The average molecular weight is 597 g/mol. The first kappa shape index (κ1) is 32.1.